The third kappa shape index (κ3) is 12.9. The van der Waals surface area contributed by atoms with E-state index in [9.17, 15) is 43.8 Å². The summed E-state index contributed by atoms with van der Waals surface area (Å²) in [6, 6.07) is 7.98. The molecule has 320 valence electrons. The topological polar surface area (TPSA) is 218 Å². The molecule has 0 radical (unpaired) electrons. The fraction of sp³-hybridized carbons (Fsp3) is 0.610. The van der Waals surface area contributed by atoms with Gasteiger partial charge in [-0.1, -0.05) is 7.43 Å². The van der Waals surface area contributed by atoms with Crippen LogP contribution in [0.15, 0.2) is 36.4 Å². The van der Waals surface area contributed by atoms with Gasteiger partial charge in [-0.15, -0.1) is 0 Å². The summed E-state index contributed by atoms with van der Waals surface area (Å²) < 4.78 is 23.4. The van der Waals surface area contributed by atoms with E-state index in [2.05, 4.69) is 5.32 Å². The Hall–Kier alpha value is -5.19. The molecule has 2 aromatic carbocycles. The van der Waals surface area contributed by atoms with Gasteiger partial charge in [0.1, 0.15) is 29.5 Å². The van der Waals surface area contributed by atoms with E-state index >= 15 is 0 Å². The lowest BCUT2D eigenvalue weighted by Crippen LogP contribution is -2.53. The molecule has 2 heterocycles. The number of nitrogens with zero attached hydrogens (tertiary/aromatic N) is 4. The minimum Gasteiger partial charge on any atom is -0.444 e. The molecule has 58 heavy (non-hydrogen) atoms. The molecule has 2 saturated heterocycles. The van der Waals surface area contributed by atoms with Gasteiger partial charge in [0.05, 0.1) is 9.85 Å². The van der Waals surface area contributed by atoms with Crippen LogP contribution in [-0.2, 0) is 9.47 Å². The molecule has 0 atom stereocenters. The number of piperidine rings is 2. The summed E-state index contributed by atoms with van der Waals surface area (Å²) in [7, 11) is 0. The lowest BCUT2D eigenvalue weighted by atomic mass is 9.60. The van der Waals surface area contributed by atoms with Gasteiger partial charge in [-0.25, -0.2) is 9.59 Å². The third-order valence-corrected chi connectivity index (χ3v) is 10.7. The van der Waals surface area contributed by atoms with Crippen molar-refractivity contribution in [1.29, 1.82) is 0 Å². The molecule has 2 saturated carbocycles. The number of carbonyl (C=O) groups is 4. The second-order valence-electron chi connectivity index (χ2n) is 17.6. The van der Waals surface area contributed by atoms with Gasteiger partial charge < -0.3 is 30.3 Å². The number of rotatable bonds is 6. The smallest absolute Gasteiger partial charge is 0.410 e. The number of aldehydes is 2. The van der Waals surface area contributed by atoms with Crippen LogP contribution < -0.4 is 11.1 Å². The predicted octanol–water partition coefficient (Wildman–Crippen LogP) is 8.31. The van der Waals surface area contributed by atoms with Gasteiger partial charge in [-0.05, 0) is 128 Å². The standard InChI is InChI=1S/C20H27N3O5.C13H24N2O2.C7H4FNO3.CH4/c1-19(2,3)28-18(25)22-8-6-20(7-9-22)11-15(12-20)21-16-5-4-14(13-24)10-17(16)23(26)27;1-12(2,3)17-11(16)15-6-4-13(5-7-15)8-10(14)9-13;8-6-2-1-5(4-10)3-7(6)9(11)12;/h4-5,10,13,15,21H,6-9,11-12H2,1-3H3;10H,4-9,14H2,1-3H3;1-4H;1H4. The first-order valence-corrected chi connectivity index (χ1v) is 19.2. The SMILES string of the molecule is C.CC(C)(C)OC(=O)N1CCC2(CC1)CC(N)C2.CC(C)(C)OC(=O)N1CCC2(CC1)CC(Nc1ccc(C=O)cc1[N+](=O)[O-])C2.O=Cc1ccc(F)c([N+](=O)[O-])c1. The van der Waals surface area contributed by atoms with Gasteiger partial charge in [0.15, 0.2) is 0 Å². The molecule has 2 spiro atoms. The minimum absolute atomic E-state index is 0. The Balaban J connectivity index is 0.000000255. The summed E-state index contributed by atoms with van der Waals surface area (Å²) in [6.07, 6.45) is 8.69. The minimum atomic E-state index is -0.939. The summed E-state index contributed by atoms with van der Waals surface area (Å²) >= 11 is 0. The number of carbonyl (C=O) groups excluding carboxylic acids is 4. The molecule has 16 nitrogen and oxygen atoms in total. The van der Waals surface area contributed by atoms with E-state index in [1.54, 1.807) is 17.0 Å². The Morgan fingerprint density at radius 3 is 1.53 bits per heavy atom. The van der Waals surface area contributed by atoms with Crippen LogP contribution in [0, 0.1) is 36.9 Å². The van der Waals surface area contributed by atoms with Crippen molar-refractivity contribution in [1.82, 2.24) is 9.80 Å². The first-order chi connectivity index (χ1) is 26.6. The van der Waals surface area contributed by atoms with Crippen LogP contribution in [0.2, 0.25) is 0 Å². The zero-order valence-electron chi connectivity index (χ0n) is 33.6. The van der Waals surface area contributed by atoms with Crippen molar-refractivity contribution in [3.8, 4) is 0 Å². The van der Waals surface area contributed by atoms with E-state index in [-0.39, 0.29) is 47.9 Å². The molecule has 0 unspecified atom stereocenters. The maximum Gasteiger partial charge on any atom is 0.410 e. The first-order valence-electron chi connectivity index (χ1n) is 19.2. The van der Waals surface area contributed by atoms with Crippen molar-refractivity contribution in [2.75, 3.05) is 31.5 Å². The molecule has 2 aromatic rings. The highest BCUT2D eigenvalue weighted by Gasteiger charge is 2.47. The highest BCUT2D eigenvalue weighted by Crippen LogP contribution is 2.51. The maximum atomic E-state index is 12.6. The molecule has 17 heteroatoms. The fourth-order valence-electron chi connectivity index (χ4n) is 7.79. The van der Waals surface area contributed by atoms with Crippen molar-refractivity contribution in [2.45, 2.75) is 124 Å². The van der Waals surface area contributed by atoms with E-state index in [1.165, 1.54) is 12.1 Å². The van der Waals surface area contributed by atoms with Crippen LogP contribution in [0.3, 0.4) is 0 Å². The highest BCUT2D eigenvalue weighted by molar-refractivity contribution is 5.79. The zero-order chi connectivity index (χ0) is 42.3. The number of hydrogen-bond acceptors (Lipinski definition) is 12. The van der Waals surface area contributed by atoms with Crippen molar-refractivity contribution in [2.24, 2.45) is 16.6 Å². The van der Waals surface area contributed by atoms with E-state index in [0.29, 0.717) is 42.8 Å². The van der Waals surface area contributed by atoms with E-state index in [1.807, 2.05) is 46.4 Å². The lowest BCUT2D eigenvalue weighted by Gasteiger charge is -2.52. The third-order valence-electron chi connectivity index (χ3n) is 10.7. The second-order valence-corrected chi connectivity index (χ2v) is 17.6. The van der Waals surface area contributed by atoms with Gasteiger partial charge in [-0.3, -0.25) is 29.8 Å². The van der Waals surface area contributed by atoms with Gasteiger partial charge >= 0.3 is 17.9 Å². The molecule has 2 aliphatic carbocycles. The van der Waals surface area contributed by atoms with Gasteiger partial charge in [0.2, 0.25) is 5.82 Å². The number of halogens is 1. The zero-order valence-corrected chi connectivity index (χ0v) is 33.6. The van der Waals surface area contributed by atoms with E-state index < -0.39 is 32.6 Å². The number of ether oxygens (including phenoxy) is 2. The summed E-state index contributed by atoms with van der Waals surface area (Å²) in [6.45, 7) is 14.3. The molecule has 0 aromatic heterocycles. The van der Waals surface area contributed by atoms with Crippen molar-refractivity contribution in [3.05, 3.63) is 73.6 Å². The molecule has 2 aliphatic heterocycles. The number of likely N-dealkylation sites (tertiary alicyclic amines) is 2. The summed E-state index contributed by atoms with van der Waals surface area (Å²) in [5.41, 5.74) is 5.66. The van der Waals surface area contributed by atoms with Crippen molar-refractivity contribution < 1.29 is 42.9 Å². The highest BCUT2D eigenvalue weighted by atomic mass is 19.1. The number of nitrogens with one attached hydrogen (secondary N) is 1. The largest absolute Gasteiger partial charge is 0.444 e. The Labute approximate surface area is 339 Å². The van der Waals surface area contributed by atoms with E-state index in [4.69, 9.17) is 15.2 Å². The summed E-state index contributed by atoms with van der Waals surface area (Å²) in [5, 5.41) is 24.7. The number of nitrogens with two attached hydrogens (primary N) is 1. The quantitative estimate of drug-likeness (QED) is 0.160. The molecular formula is C41H59FN6O10. The Bertz CT molecular complexity index is 1790. The Kier molecular flexibility index (Phi) is 15.5. The molecule has 4 aliphatic rings. The second kappa shape index (κ2) is 19.0. The van der Waals surface area contributed by atoms with Crippen LogP contribution in [0.4, 0.5) is 31.0 Å². The Morgan fingerprint density at radius 1 is 0.759 bits per heavy atom. The monoisotopic (exact) mass is 814 g/mol. The number of amides is 2. The van der Waals surface area contributed by atoms with Crippen LogP contribution in [0.1, 0.15) is 121 Å². The molecule has 3 N–H and O–H groups in total. The molecule has 6 rings (SSSR count). The summed E-state index contributed by atoms with van der Waals surface area (Å²) in [4.78, 5) is 68.7. The Morgan fingerprint density at radius 2 is 1.16 bits per heavy atom. The predicted molar refractivity (Wildman–Crippen MR) is 216 cm³/mol. The van der Waals surface area contributed by atoms with Crippen molar-refractivity contribution in [3.63, 3.8) is 0 Å². The number of nitro groups is 2. The van der Waals surface area contributed by atoms with E-state index in [0.717, 1.165) is 76.6 Å². The van der Waals surface area contributed by atoms with Gasteiger partial charge in [0.25, 0.3) is 5.69 Å². The summed E-state index contributed by atoms with van der Waals surface area (Å²) in [5.74, 6) is -0.939. The van der Waals surface area contributed by atoms with Crippen molar-refractivity contribution >= 4 is 41.8 Å². The van der Waals surface area contributed by atoms with Gasteiger partial charge in [-0.2, -0.15) is 4.39 Å². The number of hydrogen-bond donors (Lipinski definition) is 2. The maximum absolute atomic E-state index is 12.6. The number of anilines is 1. The average molecular weight is 815 g/mol. The normalized spacial score (nSPS) is 18.3. The van der Waals surface area contributed by atoms with Crippen LogP contribution >= 0.6 is 0 Å². The van der Waals surface area contributed by atoms with Crippen LogP contribution in [-0.4, -0.2) is 93.9 Å². The first kappa shape index (κ1) is 47.2. The fourth-order valence-corrected chi connectivity index (χ4v) is 7.79. The van der Waals surface area contributed by atoms with Gasteiger partial charge in [0, 0.05) is 61.5 Å². The molecule has 0 bridgehead atoms. The molecule has 4 fully saturated rings. The van der Waals surface area contributed by atoms with Crippen LogP contribution in [0.25, 0.3) is 0 Å². The number of nitro benzene ring substituents is 2. The number of benzene rings is 2. The molecule has 2 amide bonds. The molecular weight excluding hydrogens is 755 g/mol. The lowest BCUT2D eigenvalue weighted by molar-refractivity contribution is -0.387. The average Bonchev–Trinajstić information content (AvgIpc) is 3.10. The van der Waals surface area contributed by atoms with Crippen LogP contribution in [0.5, 0.6) is 0 Å².